The number of hydrogen-bond donors (Lipinski definition) is 2. The van der Waals surface area contributed by atoms with E-state index in [4.69, 9.17) is 0 Å². The van der Waals surface area contributed by atoms with Gasteiger partial charge in [-0.1, -0.05) is 32.0 Å². The first kappa shape index (κ1) is 22.3. The van der Waals surface area contributed by atoms with Crippen LogP contribution in [0.25, 0.3) is 11.2 Å². The van der Waals surface area contributed by atoms with Crippen LogP contribution in [0.3, 0.4) is 0 Å². The highest BCUT2D eigenvalue weighted by Crippen LogP contribution is 2.19. The number of rotatable bonds is 8. The van der Waals surface area contributed by atoms with Crippen molar-refractivity contribution in [3.05, 3.63) is 56.5 Å². The van der Waals surface area contributed by atoms with Crippen LogP contribution in [0.15, 0.2) is 33.9 Å². The van der Waals surface area contributed by atoms with Gasteiger partial charge in [0.05, 0.1) is 6.54 Å². The van der Waals surface area contributed by atoms with Gasteiger partial charge in [-0.25, -0.2) is 9.18 Å². The van der Waals surface area contributed by atoms with Crippen LogP contribution in [-0.4, -0.2) is 37.7 Å². The first-order chi connectivity index (χ1) is 14.8. The first-order valence-electron chi connectivity index (χ1n) is 10.2. The van der Waals surface area contributed by atoms with E-state index < -0.39 is 17.1 Å². The molecule has 0 saturated heterocycles. The third-order valence-electron chi connectivity index (χ3n) is 5.40. The molecule has 0 unspecified atom stereocenters. The number of amides is 1. The summed E-state index contributed by atoms with van der Waals surface area (Å²) in [6.45, 7) is 4.55. The monoisotopic (exact) mass is 430 g/mol. The summed E-state index contributed by atoms with van der Waals surface area (Å²) >= 11 is 0. The van der Waals surface area contributed by atoms with E-state index in [0.29, 0.717) is 24.6 Å². The summed E-state index contributed by atoms with van der Waals surface area (Å²) in [5, 5.41) is 5.94. The molecule has 0 spiro atoms. The van der Waals surface area contributed by atoms with E-state index in [1.807, 2.05) is 13.8 Å². The van der Waals surface area contributed by atoms with E-state index in [0.717, 1.165) is 11.0 Å². The summed E-state index contributed by atoms with van der Waals surface area (Å²) in [6, 6.07) is 6.28. The fraction of sp³-hybridized carbons (Fsp3) is 0.429. The Morgan fingerprint density at radius 2 is 1.87 bits per heavy atom. The number of imidazole rings is 1. The molecule has 2 heterocycles. The highest BCUT2D eigenvalue weighted by atomic mass is 19.1. The smallest absolute Gasteiger partial charge is 0.332 e. The molecule has 1 amide bonds. The lowest BCUT2D eigenvalue weighted by atomic mass is 10.1. The number of nitrogens with one attached hydrogen (secondary N) is 2. The van der Waals surface area contributed by atoms with Gasteiger partial charge < -0.3 is 10.6 Å². The molecule has 10 heteroatoms. The Kier molecular flexibility index (Phi) is 6.57. The predicted molar refractivity (Wildman–Crippen MR) is 117 cm³/mol. The molecule has 1 aromatic carbocycles. The van der Waals surface area contributed by atoms with Crippen LogP contribution in [0.1, 0.15) is 25.8 Å². The molecule has 0 fully saturated rings. The van der Waals surface area contributed by atoms with E-state index in [1.165, 1.54) is 24.7 Å². The summed E-state index contributed by atoms with van der Waals surface area (Å²) in [6.07, 6.45) is 0.745. The highest BCUT2D eigenvalue weighted by molar-refractivity contribution is 5.78. The molecule has 0 aliphatic rings. The van der Waals surface area contributed by atoms with Gasteiger partial charge in [0.25, 0.3) is 5.56 Å². The predicted octanol–water partition coefficient (Wildman–Crippen LogP) is 1.20. The molecular formula is C21H27FN6O3. The van der Waals surface area contributed by atoms with Gasteiger partial charge in [-0.05, 0) is 12.5 Å². The summed E-state index contributed by atoms with van der Waals surface area (Å²) in [5.74, 6) is -0.212. The standard InChI is InChI=1S/C21H27FN6O3/c1-5-13(2)18(29)23-10-11-24-20-25-17-16(19(30)27(4)21(31)26(17)3)28(20)12-14-8-6-7-9-15(14)22/h6-9,13H,5,10-12H2,1-4H3,(H,23,29)(H,24,25)/t13-/m0/s1. The molecular weight excluding hydrogens is 403 g/mol. The van der Waals surface area contributed by atoms with Crippen LogP contribution in [0.2, 0.25) is 0 Å². The maximum Gasteiger partial charge on any atom is 0.332 e. The summed E-state index contributed by atoms with van der Waals surface area (Å²) in [4.78, 5) is 41.5. The second-order valence-electron chi connectivity index (χ2n) is 7.52. The number of aryl methyl sites for hydroxylation is 1. The average Bonchev–Trinajstić information content (AvgIpc) is 3.12. The number of carbonyl (C=O) groups excluding carboxylic acids is 1. The third-order valence-corrected chi connectivity index (χ3v) is 5.40. The number of anilines is 1. The van der Waals surface area contributed by atoms with Crippen molar-refractivity contribution in [1.82, 2.24) is 24.0 Å². The van der Waals surface area contributed by atoms with Crippen molar-refractivity contribution in [1.29, 1.82) is 0 Å². The van der Waals surface area contributed by atoms with Gasteiger partial charge in [0.1, 0.15) is 5.82 Å². The third kappa shape index (κ3) is 4.37. The molecule has 0 radical (unpaired) electrons. The normalized spacial score (nSPS) is 12.2. The number of carbonyl (C=O) groups is 1. The largest absolute Gasteiger partial charge is 0.354 e. The highest BCUT2D eigenvalue weighted by Gasteiger charge is 2.20. The maximum absolute atomic E-state index is 14.3. The van der Waals surface area contributed by atoms with Gasteiger partial charge in [-0.15, -0.1) is 0 Å². The van der Waals surface area contributed by atoms with Gasteiger partial charge in [-0.2, -0.15) is 4.98 Å². The van der Waals surface area contributed by atoms with Gasteiger partial charge in [0.2, 0.25) is 11.9 Å². The van der Waals surface area contributed by atoms with Gasteiger partial charge >= 0.3 is 5.69 Å². The Bertz CT molecular complexity index is 1230. The number of aromatic nitrogens is 4. The van der Waals surface area contributed by atoms with E-state index in [1.54, 1.807) is 22.8 Å². The Morgan fingerprint density at radius 1 is 1.16 bits per heavy atom. The zero-order valence-corrected chi connectivity index (χ0v) is 18.1. The lowest BCUT2D eigenvalue weighted by Gasteiger charge is -2.13. The minimum absolute atomic E-state index is 0.0413. The van der Waals surface area contributed by atoms with Gasteiger partial charge in [0, 0.05) is 38.7 Å². The van der Waals surface area contributed by atoms with E-state index in [2.05, 4.69) is 15.6 Å². The van der Waals surface area contributed by atoms with E-state index >= 15 is 0 Å². The second-order valence-corrected chi connectivity index (χ2v) is 7.52. The van der Waals surface area contributed by atoms with Crippen LogP contribution >= 0.6 is 0 Å². The molecule has 9 nitrogen and oxygen atoms in total. The quantitative estimate of drug-likeness (QED) is 0.523. The van der Waals surface area contributed by atoms with Crippen molar-refractivity contribution in [3.8, 4) is 0 Å². The molecule has 1 atom stereocenters. The fourth-order valence-electron chi connectivity index (χ4n) is 3.25. The van der Waals surface area contributed by atoms with Crippen molar-refractivity contribution < 1.29 is 9.18 Å². The van der Waals surface area contributed by atoms with Crippen molar-refractivity contribution in [2.24, 2.45) is 20.0 Å². The Balaban J connectivity index is 1.98. The van der Waals surface area contributed by atoms with Crippen molar-refractivity contribution in [3.63, 3.8) is 0 Å². The van der Waals surface area contributed by atoms with Crippen LogP contribution in [0.4, 0.5) is 10.3 Å². The summed E-state index contributed by atoms with van der Waals surface area (Å²) in [7, 11) is 2.92. The van der Waals surface area contributed by atoms with Crippen LogP contribution in [0, 0.1) is 11.7 Å². The Hall–Kier alpha value is -3.43. The second kappa shape index (κ2) is 9.15. The molecule has 3 aromatic rings. The average molecular weight is 430 g/mol. The number of fused-ring (bicyclic) bond motifs is 1. The maximum atomic E-state index is 14.3. The van der Waals surface area contributed by atoms with Gasteiger partial charge in [0.15, 0.2) is 11.2 Å². The fourth-order valence-corrected chi connectivity index (χ4v) is 3.25. The Morgan fingerprint density at radius 3 is 2.55 bits per heavy atom. The zero-order chi connectivity index (χ0) is 22.7. The Labute approximate surface area is 178 Å². The molecule has 166 valence electrons. The molecule has 31 heavy (non-hydrogen) atoms. The lowest BCUT2D eigenvalue weighted by Crippen LogP contribution is -2.37. The SMILES string of the molecule is CC[C@H](C)C(=O)NCCNc1nc2c(c(=O)n(C)c(=O)n2C)n1Cc1ccccc1F. The van der Waals surface area contributed by atoms with Crippen molar-refractivity contribution in [2.45, 2.75) is 26.8 Å². The lowest BCUT2D eigenvalue weighted by molar-refractivity contribution is -0.124. The van der Waals surface area contributed by atoms with E-state index in [9.17, 15) is 18.8 Å². The van der Waals surface area contributed by atoms with Crippen molar-refractivity contribution >= 4 is 23.0 Å². The molecule has 0 aliphatic carbocycles. The van der Waals surface area contributed by atoms with Crippen LogP contribution in [0.5, 0.6) is 0 Å². The number of nitrogens with zero attached hydrogens (tertiary/aromatic N) is 4. The number of benzene rings is 1. The molecule has 2 aromatic heterocycles. The van der Waals surface area contributed by atoms with E-state index in [-0.39, 0.29) is 29.5 Å². The first-order valence-corrected chi connectivity index (χ1v) is 10.2. The minimum Gasteiger partial charge on any atom is -0.354 e. The molecule has 3 rings (SSSR count). The number of halogens is 1. The summed E-state index contributed by atoms with van der Waals surface area (Å²) < 4.78 is 18.1. The minimum atomic E-state index is -0.514. The number of hydrogen-bond acceptors (Lipinski definition) is 5. The van der Waals surface area contributed by atoms with Gasteiger partial charge in [-0.3, -0.25) is 23.3 Å². The molecule has 0 bridgehead atoms. The zero-order valence-electron chi connectivity index (χ0n) is 18.1. The van der Waals surface area contributed by atoms with Crippen LogP contribution in [-0.2, 0) is 25.4 Å². The molecule has 0 saturated carbocycles. The summed E-state index contributed by atoms with van der Waals surface area (Å²) in [5.41, 5.74) is -0.235. The topological polar surface area (TPSA) is 103 Å². The molecule has 0 aliphatic heterocycles. The van der Waals surface area contributed by atoms with Crippen LogP contribution < -0.4 is 21.9 Å². The molecule has 2 N–H and O–H groups in total. The van der Waals surface area contributed by atoms with Crippen molar-refractivity contribution in [2.75, 3.05) is 18.4 Å².